The van der Waals surface area contributed by atoms with E-state index in [9.17, 15) is 9.59 Å². The molecule has 0 radical (unpaired) electrons. The Bertz CT molecular complexity index is 619. The van der Waals surface area contributed by atoms with Gasteiger partial charge in [0.05, 0.1) is 29.7 Å². The first-order valence-electron chi connectivity index (χ1n) is 7.50. The quantitative estimate of drug-likeness (QED) is 0.863. The summed E-state index contributed by atoms with van der Waals surface area (Å²) < 4.78 is 5.57. The molecule has 0 saturated carbocycles. The normalized spacial score (nSPS) is 28.0. The average molecular weight is 320 g/mol. The van der Waals surface area contributed by atoms with E-state index in [0.717, 1.165) is 10.6 Å². The number of hydrogen-bond acceptors (Lipinski definition) is 4. The third-order valence-electron chi connectivity index (χ3n) is 4.03. The Morgan fingerprint density at radius 1 is 1.36 bits per heavy atom. The maximum Gasteiger partial charge on any atom is 0.254 e. The molecule has 1 saturated heterocycles. The smallest absolute Gasteiger partial charge is 0.254 e. The summed E-state index contributed by atoms with van der Waals surface area (Å²) in [6.45, 7) is 6.98. The average Bonchev–Trinajstić information content (AvgIpc) is 2.50. The molecule has 6 heteroatoms. The van der Waals surface area contributed by atoms with E-state index >= 15 is 0 Å². The first kappa shape index (κ1) is 15.4. The predicted molar refractivity (Wildman–Crippen MR) is 86.3 cm³/mol. The molecule has 3 atom stereocenters. The van der Waals surface area contributed by atoms with Gasteiger partial charge in [0.15, 0.2) is 0 Å². The number of fused-ring (bicyclic) bond motifs is 1. The van der Waals surface area contributed by atoms with E-state index in [4.69, 9.17) is 4.74 Å². The highest BCUT2D eigenvalue weighted by atomic mass is 32.2. The van der Waals surface area contributed by atoms with Crippen molar-refractivity contribution in [3.8, 4) is 0 Å². The monoisotopic (exact) mass is 320 g/mol. The van der Waals surface area contributed by atoms with Crippen LogP contribution in [0.1, 0.15) is 31.1 Å². The molecule has 1 aromatic carbocycles. The third kappa shape index (κ3) is 2.85. The number of morpholine rings is 1. The van der Waals surface area contributed by atoms with Gasteiger partial charge >= 0.3 is 0 Å². The van der Waals surface area contributed by atoms with Gasteiger partial charge in [-0.25, -0.2) is 0 Å². The Labute approximate surface area is 134 Å². The Morgan fingerprint density at radius 3 is 2.91 bits per heavy atom. The number of carbonyl (C=O) groups is 2. The second-order valence-corrected chi connectivity index (χ2v) is 7.29. The van der Waals surface area contributed by atoms with Crippen molar-refractivity contribution in [2.24, 2.45) is 0 Å². The molecule has 2 amide bonds. The predicted octanol–water partition coefficient (Wildman–Crippen LogP) is 2.37. The Morgan fingerprint density at radius 2 is 2.14 bits per heavy atom. The topological polar surface area (TPSA) is 58.6 Å². The zero-order valence-corrected chi connectivity index (χ0v) is 13.8. The Hall–Kier alpha value is -1.53. The van der Waals surface area contributed by atoms with E-state index < -0.39 is 0 Å². The van der Waals surface area contributed by atoms with Crippen molar-refractivity contribution < 1.29 is 14.3 Å². The lowest BCUT2D eigenvalue weighted by molar-refractivity contribution is -0.115. The zero-order valence-electron chi connectivity index (χ0n) is 13.0. The lowest BCUT2D eigenvalue weighted by Crippen LogP contribution is -2.50. The number of nitrogens with zero attached hydrogens (tertiary/aromatic N) is 1. The van der Waals surface area contributed by atoms with Crippen LogP contribution >= 0.6 is 11.8 Å². The van der Waals surface area contributed by atoms with Crippen LogP contribution in [0.5, 0.6) is 0 Å². The molecule has 3 unspecified atom stereocenters. The van der Waals surface area contributed by atoms with Crippen LogP contribution in [-0.2, 0) is 9.53 Å². The van der Waals surface area contributed by atoms with Gasteiger partial charge in [0.25, 0.3) is 5.91 Å². The lowest BCUT2D eigenvalue weighted by atomic mass is 10.1. The number of thioether (sulfide) groups is 1. The Balaban J connectivity index is 1.84. The van der Waals surface area contributed by atoms with Crippen LogP contribution in [0.15, 0.2) is 23.1 Å². The van der Waals surface area contributed by atoms with Crippen molar-refractivity contribution in [3.63, 3.8) is 0 Å². The molecule has 1 N–H and O–H groups in total. The second-order valence-electron chi connectivity index (χ2n) is 5.91. The van der Waals surface area contributed by atoms with E-state index in [0.29, 0.717) is 18.7 Å². The number of rotatable bonds is 1. The summed E-state index contributed by atoms with van der Waals surface area (Å²) in [4.78, 5) is 27.4. The number of amides is 2. The molecule has 2 aliphatic heterocycles. The van der Waals surface area contributed by atoms with E-state index in [2.05, 4.69) is 5.32 Å². The maximum atomic E-state index is 12.7. The molecule has 2 aliphatic rings. The minimum Gasteiger partial charge on any atom is -0.375 e. The number of hydrogen-bond donors (Lipinski definition) is 1. The molecule has 3 rings (SSSR count). The van der Waals surface area contributed by atoms with E-state index in [1.165, 1.54) is 11.8 Å². The van der Waals surface area contributed by atoms with Crippen molar-refractivity contribution in [2.45, 2.75) is 43.1 Å². The van der Waals surface area contributed by atoms with Crippen molar-refractivity contribution in [1.29, 1.82) is 0 Å². The summed E-state index contributed by atoms with van der Waals surface area (Å²) in [5, 5.41) is 2.77. The molecule has 2 heterocycles. The zero-order chi connectivity index (χ0) is 15.9. The van der Waals surface area contributed by atoms with Gasteiger partial charge < -0.3 is 15.0 Å². The highest BCUT2D eigenvalue weighted by Gasteiger charge is 2.29. The fourth-order valence-corrected chi connectivity index (χ4v) is 3.62. The summed E-state index contributed by atoms with van der Waals surface area (Å²) in [7, 11) is 0. The number of ether oxygens (including phenoxy) is 1. The van der Waals surface area contributed by atoms with Gasteiger partial charge in [-0.15, -0.1) is 11.8 Å². The molecular formula is C16H20N2O3S. The molecule has 118 valence electrons. The Kier molecular flexibility index (Phi) is 4.14. The highest BCUT2D eigenvalue weighted by molar-refractivity contribution is 8.00. The number of anilines is 1. The highest BCUT2D eigenvalue weighted by Crippen LogP contribution is 2.36. The van der Waals surface area contributed by atoms with Crippen molar-refractivity contribution >= 4 is 29.3 Å². The van der Waals surface area contributed by atoms with Crippen LogP contribution in [0.3, 0.4) is 0 Å². The van der Waals surface area contributed by atoms with Crippen molar-refractivity contribution in [3.05, 3.63) is 23.8 Å². The van der Waals surface area contributed by atoms with Gasteiger partial charge in [0, 0.05) is 17.0 Å². The van der Waals surface area contributed by atoms with Crippen LogP contribution < -0.4 is 5.32 Å². The van der Waals surface area contributed by atoms with E-state index in [1.54, 1.807) is 6.07 Å². The molecular weight excluding hydrogens is 300 g/mol. The van der Waals surface area contributed by atoms with Crippen LogP contribution in [0.4, 0.5) is 5.69 Å². The third-order valence-corrected chi connectivity index (χ3v) is 5.20. The second kappa shape index (κ2) is 5.93. The van der Waals surface area contributed by atoms with Gasteiger partial charge in [0.2, 0.25) is 5.91 Å². The number of carbonyl (C=O) groups excluding carboxylic acids is 2. The molecule has 0 spiro atoms. The fourth-order valence-electron chi connectivity index (χ4n) is 2.69. The SMILES string of the molecule is CC1CN(C(=O)c2ccc3c(c2)NC(=O)C(C)S3)C(C)CO1. The van der Waals surface area contributed by atoms with Crippen LogP contribution in [-0.4, -0.2) is 47.3 Å². The van der Waals surface area contributed by atoms with Crippen molar-refractivity contribution in [2.75, 3.05) is 18.5 Å². The lowest BCUT2D eigenvalue weighted by Gasteiger charge is -2.37. The summed E-state index contributed by atoms with van der Waals surface area (Å²) >= 11 is 1.52. The number of nitrogens with one attached hydrogen (secondary N) is 1. The van der Waals surface area contributed by atoms with Gasteiger partial charge in [0.1, 0.15) is 0 Å². The summed E-state index contributed by atoms with van der Waals surface area (Å²) in [6.07, 6.45) is 0.0499. The first-order chi connectivity index (χ1) is 10.5. The fraction of sp³-hybridized carbons (Fsp3) is 0.500. The minimum absolute atomic E-state index is 0.0108. The van der Waals surface area contributed by atoms with Gasteiger partial charge in [-0.05, 0) is 39.0 Å². The molecule has 1 aromatic rings. The van der Waals surface area contributed by atoms with E-state index in [-0.39, 0.29) is 29.2 Å². The molecule has 5 nitrogen and oxygen atoms in total. The van der Waals surface area contributed by atoms with Gasteiger partial charge in [-0.2, -0.15) is 0 Å². The van der Waals surface area contributed by atoms with E-state index in [1.807, 2.05) is 37.8 Å². The summed E-state index contributed by atoms with van der Waals surface area (Å²) in [5.41, 5.74) is 1.34. The number of benzene rings is 1. The standard InChI is InChI=1S/C16H20N2O3S/c1-9-8-21-10(2)7-18(9)16(20)12-4-5-14-13(6-12)17-15(19)11(3)22-14/h4-6,9-11H,7-8H2,1-3H3,(H,17,19). The van der Waals surface area contributed by atoms with Gasteiger partial charge in [-0.1, -0.05) is 0 Å². The summed E-state index contributed by atoms with van der Waals surface area (Å²) in [5.74, 6) is -0.0289. The minimum atomic E-state index is -0.103. The van der Waals surface area contributed by atoms with Crippen LogP contribution in [0.25, 0.3) is 0 Å². The van der Waals surface area contributed by atoms with Crippen LogP contribution in [0.2, 0.25) is 0 Å². The summed E-state index contributed by atoms with van der Waals surface area (Å²) in [6, 6.07) is 5.59. The largest absolute Gasteiger partial charge is 0.375 e. The molecule has 1 fully saturated rings. The molecule has 0 bridgehead atoms. The maximum absolute atomic E-state index is 12.7. The van der Waals surface area contributed by atoms with Gasteiger partial charge in [-0.3, -0.25) is 9.59 Å². The molecule has 22 heavy (non-hydrogen) atoms. The molecule has 0 aliphatic carbocycles. The first-order valence-corrected chi connectivity index (χ1v) is 8.38. The molecule has 0 aromatic heterocycles. The van der Waals surface area contributed by atoms with Crippen LogP contribution in [0, 0.1) is 0 Å². The van der Waals surface area contributed by atoms with Crippen molar-refractivity contribution in [1.82, 2.24) is 4.90 Å².